The van der Waals surface area contributed by atoms with Gasteiger partial charge in [-0.1, -0.05) is 6.92 Å². The van der Waals surface area contributed by atoms with E-state index in [0.717, 1.165) is 6.42 Å². The van der Waals surface area contributed by atoms with Crippen LogP contribution in [0.2, 0.25) is 0 Å². The summed E-state index contributed by atoms with van der Waals surface area (Å²) in [6.07, 6.45) is 2.18. The number of alkyl halides is 1. The molecule has 0 aromatic carbocycles. The van der Waals surface area contributed by atoms with Gasteiger partial charge in [-0.2, -0.15) is 0 Å². The summed E-state index contributed by atoms with van der Waals surface area (Å²) in [6.45, 7) is 4.99. The van der Waals surface area contributed by atoms with Crippen molar-refractivity contribution >= 4 is 17.5 Å². The topological polar surface area (TPSA) is 46.3 Å². The molecule has 0 atom stereocenters. The molecule has 0 saturated carbocycles. The van der Waals surface area contributed by atoms with Gasteiger partial charge in [-0.3, -0.25) is 4.79 Å². The van der Waals surface area contributed by atoms with Gasteiger partial charge in [0, 0.05) is 19.0 Å². The van der Waals surface area contributed by atoms with Crippen LogP contribution in [-0.4, -0.2) is 34.8 Å². The molecule has 15 heavy (non-hydrogen) atoms. The van der Waals surface area contributed by atoms with Crippen molar-refractivity contribution in [1.82, 2.24) is 9.88 Å². The van der Waals surface area contributed by atoms with Gasteiger partial charge in [0.2, 0.25) is 5.76 Å². The zero-order chi connectivity index (χ0) is 11.3. The molecule has 0 fully saturated rings. The van der Waals surface area contributed by atoms with Crippen molar-refractivity contribution in [2.45, 2.75) is 20.3 Å². The Balaban J connectivity index is 2.76. The summed E-state index contributed by atoms with van der Waals surface area (Å²) in [5, 5.41) is 0. The van der Waals surface area contributed by atoms with Gasteiger partial charge in [0.15, 0.2) is 6.39 Å². The lowest BCUT2D eigenvalue weighted by molar-refractivity contribution is 0.0732. The van der Waals surface area contributed by atoms with Crippen LogP contribution in [0.3, 0.4) is 0 Å². The van der Waals surface area contributed by atoms with Gasteiger partial charge in [0.25, 0.3) is 5.91 Å². The molecule has 1 aromatic rings. The van der Waals surface area contributed by atoms with Crippen molar-refractivity contribution in [3.63, 3.8) is 0 Å². The third kappa shape index (κ3) is 2.96. The molecule has 1 amide bonds. The van der Waals surface area contributed by atoms with Gasteiger partial charge in [-0.05, 0) is 13.3 Å². The fraction of sp³-hybridized carbons (Fsp3) is 0.600. The highest BCUT2D eigenvalue weighted by Crippen LogP contribution is 2.09. The van der Waals surface area contributed by atoms with Crippen molar-refractivity contribution in [1.29, 1.82) is 0 Å². The first-order valence-corrected chi connectivity index (χ1v) is 5.49. The van der Waals surface area contributed by atoms with Gasteiger partial charge >= 0.3 is 0 Å². The maximum absolute atomic E-state index is 11.9. The number of hydrogen-bond acceptors (Lipinski definition) is 3. The Labute approximate surface area is 94.2 Å². The van der Waals surface area contributed by atoms with Crippen molar-refractivity contribution < 1.29 is 9.21 Å². The highest BCUT2D eigenvalue weighted by Gasteiger charge is 2.20. The Morgan fingerprint density at radius 1 is 1.60 bits per heavy atom. The molecule has 1 heterocycles. The minimum absolute atomic E-state index is 0.132. The van der Waals surface area contributed by atoms with Crippen molar-refractivity contribution in [3.8, 4) is 0 Å². The minimum atomic E-state index is -0.132. The second kappa shape index (κ2) is 5.75. The van der Waals surface area contributed by atoms with Gasteiger partial charge in [0.1, 0.15) is 0 Å². The number of nitrogens with zero attached hydrogens (tertiary/aromatic N) is 2. The van der Waals surface area contributed by atoms with Crippen LogP contribution in [0, 0.1) is 6.92 Å². The van der Waals surface area contributed by atoms with E-state index in [1.54, 1.807) is 11.8 Å². The number of amides is 1. The highest BCUT2D eigenvalue weighted by molar-refractivity contribution is 6.18. The van der Waals surface area contributed by atoms with E-state index in [9.17, 15) is 4.79 Å². The average molecular weight is 231 g/mol. The van der Waals surface area contributed by atoms with E-state index in [1.165, 1.54) is 6.39 Å². The molecule has 84 valence electrons. The SMILES string of the molecule is CCCN(CCCl)C(=O)c1ocnc1C. The Kier molecular flexibility index (Phi) is 4.62. The molecule has 5 heteroatoms. The quantitative estimate of drug-likeness (QED) is 0.728. The summed E-state index contributed by atoms with van der Waals surface area (Å²) in [6, 6.07) is 0. The molecule has 0 unspecified atom stereocenters. The lowest BCUT2D eigenvalue weighted by Crippen LogP contribution is -2.33. The second-order valence-electron chi connectivity index (χ2n) is 3.25. The van der Waals surface area contributed by atoms with Crippen LogP contribution in [0.5, 0.6) is 0 Å². The highest BCUT2D eigenvalue weighted by atomic mass is 35.5. The second-order valence-corrected chi connectivity index (χ2v) is 3.63. The van der Waals surface area contributed by atoms with E-state index in [-0.39, 0.29) is 5.91 Å². The number of aryl methyl sites for hydroxylation is 1. The Bertz CT molecular complexity index is 319. The number of carbonyl (C=O) groups is 1. The molecule has 4 nitrogen and oxygen atoms in total. The van der Waals surface area contributed by atoms with Gasteiger partial charge in [-0.15, -0.1) is 11.6 Å². The molecule has 0 bridgehead atoms. The number of oxazole rings is 1. The van der Waals surface area contributed by atoms with Crippen LogP contribution in [0.4, 0.5) is 0 Å². The molecule has 0 N–H and O–H groups in total. The summed E-state index contributed by atoms with van der Waals surface area (Å²) in [5.41, 5.74) is 0.621. The van der Waals surface area contributed by atoms with Crippen LogP contribution in [0.15, 0.2) is 10.8 Å². The molecule has 1 rings (SSSR count). The smallest absolute Gasteiger partial charge is 0.291 e. The fourth-order valence-corrected chi connectivity index (χ4v) is 1.54. The van der Waals surface area contributed by atoms with Crippen LogP contribution >= 0.6 is 11.6 Å². The van der Waals surface area contributed by atoms with E-state index in [1.807, 2.05) is 6.92 Å². The first-order chi connectivity index (χ1) is 7.20. The normalized spacial score (nSPS) is 10.3. The van der Waals surface area contributed by atoms with E-state index in [4.69, 9.17) is 16.0 Å². The number of carbonyl (C=O) groups excluding carboxylic acids is 1. The number of rotatable bonds is 5. The molecule has 1 aromatic heterocycles. The third-order valence-corrected chi connectivity index (χ3v) is 2.24. The first kappa shape index (κ1) is 12.0. The fourth-order valence-electron chi connectivity index (χ4n) is 1.34. The van der Waals surface area contributed by atoms with Gasteiger partial charge in [-0.25, -0.2) is 4.98 Å². The predicted molar refractivity (Wildman–Crippen MR) is 58.2 cm³/mol. The summed E-state index contributed by atoms with van der Waals surface area (Å²) < 4.78 is 5.05. The maximum Gasteiger partial charge on any atom is 0.291 e. The first-order valence-electron chi connectivity index (χ1n) is 4.96. The van der Waals surface area contributed by atoms with Crippen LogP contribution in [-0.2, 0) is 0 Å². The molecular formula is C10H15ClN2O2. The molecule has 0 aliphatic heterocycles. The Morgan fingerprint density at radius 2 is 2.33 bits per heavy atom. The third-order valence-electron chi connectivity index (χ3n) is 2.07. The summed E-state index contributed by atoms with van der Waals surface area (Å²) >= 11 is 5.64. The zero-order valence-electron chi connectivity index (χ0n) is 8.99. The van der Waals surface area contributed by atoms with E-state index < -0.39 is 0 Å². The minimum Gasteiger partial charge on any atom is -0.438 e. The van der Waals surface area contributed by atoms with Gasteiger partial charge < -0.3 is 9.32 Å². The largest absolute Gasteiger partial charge is 0.438 e. The molecule has 0 aliphatic carbocycles. The molecule has 0 spiro atoms. The summed E-state index contributed by atoms with van der Waals surface area (Å²) in [7, 11) is 0. The van der Waals surface area contributed by atoms with Crippen LogP contribution in [0.1, 0.15) is 29.6 Å². The van der Waals surface area contributed by atoms with E-state index in [2.05, 4.69) is 4.98 Å². The zero-order valence-corrected chi connectivity index (χ0v) is 9.75. The summed E-state index contributed by atoms with van der Waals surface area (Å²) in [4.78, 5) is 17.5. The molecule has 0 radical (unpaired) electrons. The average Bonchev–Trinajstić information content (AvgIpc) is 2.63. The molecule has 0 aliphatic rings. The number of aromatic nitrogens is 1. The summed E-state index contributed by atoms with van der Waals surface area (Å²) in [5.74, 6) is 0.611. The van der Waals surface area contributed by atoms with E-state index in [0.29, 0.717) is 30.4 Å². The standard InChI is InChI=1S/C10H15ClN2O2/c1-3-5-13(6-4-11)10(14)9-8(2)12-7-15-9/h7H,3-6H2,1-2H3. The lowest BCUT2D eigenvalue weighted by atomic mass is 10.3. The van der Waals surface area contributed by atoms with Crippen LogP contribution < -0.4 is 0 Å². The van der Waals surface area contributed by atoms with Crippen molar-refractivity contribution in [3.05, 3.63) is 17.8 Å². The lowest BCUT2D eigenvalue weighted by Gasteiger charge is -2.19. The van der Waals surface area contributed by atoms with Crippen molar-refractivity contribution in [2.75, 3.05) is 19.0 Å². The van der Waals surface area contributed by atoms with Crippen LogP contribution in [0.25, 0.3) is 0 Å². The predicted octanol–water partition coefficient (Wildman–Crippen LogP) is 2.07. The number of hydrogen-bond donors (Lipinski definition) is 0. The van der Waals surface area contributed by atoms with Gasteiger partial charge in [0.05, 0.1) is 5.69 Å². The Morgan fingerprint density at radius 3 is 2.80 bits per heavy atom. The maximum atomic E-state index is 11.9. The van der Waals surface area contributed by atoms with E-state index >= 15 is 0 Å². The van der Waals surface area contributed by atoms with Crippen molar-refractivity contribution in [2.24, 2.45) is 0 Å². The molecular weight excluding hydrogens is 216 g/mol. The molecule has 0 saturated heterocycles. The number of halogens is 1. The Hall–Kier alpha value is -1.03. The monoisotopic (exact) mass is 230 g/mol.